The van der Waals surface area contributed by atoms with Gasteiger partial charge in [0.05, 0.1) is 12.2 Å². The first-order valence-corrected chi connectivity index (χ1v) is 9.79. The van der Waals surface area contributed by atoms with Crippen LogP contribution in [0.5, 0.6) is 5.75 Å². The minimum absolute atomic E-state index is 0. The van der Waals surface area contributed by atoms with Gasteiger partial charge in [-0.1, -0.05) is 18.2 Å². The van der Waals surface area contributed by atoms with Gasteiger partial charge in [-0.15, -0.1) is 24.0 Å². The van der Waals surface area contributed by atoms with Gasteiger partial charge in [-0.2, -0.15) is 5.10 Å². The summed E-state index contributed by atoms with van der Waals surface area (Å²) in [6, 6.07) is 8.08. The first-order chi connectivity index (χ1) is 13.4. The summed E-state index contributed by atoms with van der Waals surface area (Å²) in [6.45, 7) is 9.78. The lowest BCUT2D eigenvalue weighted by Crippen LogP contribution is -2.37. The third kappa shape index (κ3) is 7.85. The van der Waals surface area contributed by atoms with Crippen molar-refractivity contribution in [3.8, 4) is 5.75 Å². The number of aliphatic imine (C=N–C) groups is 1. The quantitative estimate of drug-likeness (QED) is 0.306. The Morgan fingerprint density at radius 2 is 1.93 bits per heavy atom. The van der Waals surface area contributed by atoms with Crippen LogP contribution in [0.15, 0.2) is 29.3 Å². The number of para-hydroxylation sites is 1. The van der Waals surface area contributed by atoms with Crippen LogP contribution < -0.4 is 15.4 Å². The lowest BCUT2D eigenvalue weighted by molar-refractivity contribution is 0.259. The molecular formula is C21H35IN6O. The van der Waals surface area contributed by atoms with Crippen LogP contribution in [0.2, 0.25) is 0 Å². The average Bonchev–Trinajstić information content (AvgIpc) is 2.90. The summed E-state index contributed by atoms with van der Waals surface area (Å²) < 4.78 is 7.86. The smallest absolute Gasteiger partial charge is 0.191 e. The molecule has 0 amide bonds. The lowest BCUT2D eigenvalue weighted by atomic mass is 10.2. The number of hydrogen-bond acceptors (Lipinski definition) is 4. The number of aryl methyl sites for hydroxylation is 2. The van der Waals surface area contributed by atoms with Crippen LogP contribution in [-0.2, 0) is 20.1 Å². The van der Waals surface area contributed by atoms with E-state index >= 15 is 0 Å². The zero-order chi connectivity index (χ0) is 20.5. The molecule has 2 rings (SSSR count). The molecule has 2 aromatic rings. The topological polar surface area (TPSA) is 66.7 Å². The van der Waals surface area contributed by atoms with E-state index in [1.807, 2.05) is 50.9 Å². The van der Waals surface area contributed by atoms with Crippen LogP contribution in [0, 0.1) is 13.8 Å². The molecule has 1 aromatic carbocycles. The first kappa shape index (κ1) is 25.2. The molecule has 29 heavy (non-hydrogen) atoms. The van der Waals surface area contributed by atoms with Crippen molar-refractivity contribution in [1.29, 1.82) is 0 Å². The van der Waals surface area contributed by atoms with E-state index in [2.05, 4.69) is 40.5 Å². The van der Waals surface area contributed by atoms with E-state index in [-0.39, 0.29) is 24.0 Å². The number of hydrogen-bond donors (Lipinski definition) is 2. The standard InChI is InChI=1S/C21H34N6O.HI/c1-7-22-21(24-15-19-16(2)25-27(6)17(19)3)23-14-18-10-8-9-11-20(18)28-13-12-26(4)5;/h8-11H,7,12-15H2,1-6H3,(H2,22,23,24);1H. The largest absolute Gasteiger partial charge is 0.492 e. The predicted molar refractivity (Wildman–Crippen MR) is 130 cm³/mol. The average molecular weight is 514 g/mol. The summed E-state index contributed by atoms with van der Waals surface area (Å²) in [5, 5.41) is 11.2. The van der Waals surface area contributed by atoms with Crippen molar-refractivity contribution in [2.45, 2.75) is 33.9 Å². The van der Waals surface area contributed by atoms with Crippen molar-refractivity contribution < 1.29 is 4.74 Å². The maximum atomic E-state index is 5.94. The molecule has 0 aliphatic rings. The molecule has 162 valence electrons. The Labute approximate surface area is 191 Å². The molecule has 7 nitrogen and oxygen atoms in total. The number of aromatic nitrogens is 2. The van der Waals surface area contributed by atoms with E-state index < -0.39 is 0 Å². The zero-order valence-electron chi connectivity index (χ0n) is 18.5. The zero-order valence-corrected chi connectivity index (χ0v) is 20.8. The van der Waals surface area contributed by atoms with Crippen LogP contribution >= 0.6 is 24.0 Å². The molecule has 0 fully saturated rings. The summed E-state index contributed by atoms with van der Waals surface area (Å²) in [5.41, 5.74) is 4.50. The minimum atomic E-state index is 0. The second-order valence-electron chi connectivity index (χ2n) is 7.08. The molecule has 0 atom stereocenters. The second kappa shape index (κ2) is 12.7. The van der Waals surface area contributed by atoms with E-state index in [1.165, 1.54) is 11.3 Å². The van der Waals surface area contributed by atoms with Gasteiger partial charge < -0.3 is 20.3 Å². The molecule has 2 N–H and O–H groups in total. The van der Waals surface area contributed by atoms with Crippen LogP contribution in [0.4, 0.5) is 0 Å². The van der Waals surface area contributed by atoms with Gasteiger partial charge in [0.1, 0.15) is 12.4 Å². The molecule has 0 unspecified atom stereocenters. The molecule has 0 aliphatic heterocycles. The number of rotatable bonds is 9. The predicted octanol–water partition coefficient (Wildman–Crippen LogP) is 2.85. The molecule has 0 radical (unpaired) electrons. The molecule has 8 heteroatoms. The highest BCUT2D eigenvalue weighted by atomic mass is 127. The summed E-state index contributed by atoms with van der Waals surface area (Å²) in [4.78, 5) is 6.85. The van der Waals surface area contributed by atoms with Gasteiger partial charge in [-0.3, -0.25) is 4.68 Å². The van der Waals surface area contributed by atoms with E-state index in [0.717, 1.165) is 36.1 Å². The Balaban J connectivity index is 0.00000420. The normalized spacial score (nSPS) is 11.3. The van der Waals surface area contributed by atoms with Crippen LogP contribution in [-0.4, -0.2) is 54.4 Å². The van der Waals surface area contributed by atoms with E-state index in [4.69, 9.17) is 9.73 Å². The van der Waals surface area contributed by atoms with Crippen molar-refractivity contribution >= 4 is 29.9 Å². The van der Waals surface area contributed by atoms with Gasteiger partial charge in [-0.05, 0) is 40.9 Å². The van der Waals surface area contributed by atoms with Crippen molar-refractivity contribution in [2.75, 3.05) is 33.8 Å². The highest BCUT2D eigenvalue weighted by molar-refractivity contribution is 14.0. The van der Waals surface area contributed by atoms with Crippen molar-refractivity contribution in [2.24, 2.45) is 12.0 Å². The van der Waals surface area contributed by atoms with E-state index in [9.17, 15) is 0 Å². The maximum Gasteiger partial charge on any atom is 0.191 e. The number of benzene rings is 1. The monoisotopic (exact) mass is 514 g/mol. The molecule has 0 aliphatic carbocycles. The third-order valence-electron chi connectivity index (χ3n) is 4.61. The van der Waals surface area contributed by atoms with Gasteiger partial charge in [0.15, 0.2) is 5.96 Å². The SMILES string of the molecule is CCNC(=NCc1ccccc1OCCN(C)C)NCc1c(C)nn(C)c1C.I. The Morgan fingerprint density at radius 1 is 1.21 bits per heavy atom. The Bertz CT molecular complexity index is 787. The van der Waals surface area contributed by atoms with Crippen LogP contribution in [0.25, 0.3) is 0 Å². The van der Waals surface area contributed by atoms with Crippen molar-refractivity contribution in [1.82, 2.24) is 25.3 Å². The highest BCUT2D eigenvalue weighted by Crippen LogP contribution is 2.19. The number of halogens is 1. The third-order valence-corrected chi connectivity index (χ3v) is 4.61. The number of nitrogens with one attached hydrogen (secondary N) is 2. The fraction of sp³-hybridized carbons (Fsp3) is 0.524. The number of guanidine groups is 1. The van der Waals surface area contributed by atoms with Crippen molar-refractivity contribution in [3.63, 3.8) is 0 Å². The highest BCUT2D eigenvalue weighted by Gasteiger charge is 2.10. The summed E-state index contributed by atoms with van der Waals surface area (Å²) in [6.07, 6.45) is 0. The van der Waals surface area contributed by atoms with Gasteiger partial charge in [0.2, 0.25) is 0 Å². The number of likely N-dealkylation sites (N-methyl/N-ethyl adjacent to an activating group) is 1. The molecule has 0 spiro atoms. The number of ether oxygens (including phenoxy) is 1. The first-order valence-electron chi connectivity index (χ1n) is 9.79. The Morgan fingerprint density at radius 3 is 2.55 bits per heavy atom. The maximum absolute atomic E-state index is 5.94. The Kier molecular flexibility index (Phi) is 11.0. The molecular weight excluding hydrogens is 479 g/mol. The second-order valence-corrected chi connectivity index (χ2v) is 7.08. The van der Waals surface area contributed by atoms with Gasteiger partial charge in [-0.25, -0.2) is 4.99 Å². The molecule has 1 aromatic heterocycles. The molecule has 0 bridgehead atoms. The molecule has 1 heterocycles. The Hall–Kier alpha value is -1.81. The van der Waals surface area contributed by atoms with Gasteiger partial charge in [0.25, 0.3) is 0 Å². The number of nitrogens with zero attached hydrogens (tertiary/aromatic N) is 4. The van der Waals surface area contributed by atoms with E-state index in [0.29, 0.717) is 19.7 Å². The fourth-order valence-corrected chi connectivity index (χ4v) is 2.86. The van der Waals surface area contributed by atoms with Crippen molar-refractivity contribution in [3.05, 3.63) is 46.8 Å². The molecule has 0 saturated heterocycles. The summed E-state index contributed by atoms with van der Waals surface area (Å²) >= 11 is 0. The fourth-order valence-electron chi connectivity index (χ4n) is 2.86. The summed E-state index contributed by atoms with van der Waals surface area (Å²) in [7, 11) is 6.05. The summed E-state index contributed by atoms with van der Waals surface area (Å²) in [5.74, 6) is 1.68. The van der Waals surface area contributed by atoms with Crippen LogP contribution in [0.1, 0.15) is 29.4 Å². The van der Waals surface area contributed by atoms with Crippen LogP contribution in [0.3, 0.4) is 0 Å². The van der Waals surface area contributed by atoms with Gasteiger partial charge in [0, 0.05) is 43.5 Å². The van der Waals surface area contributed by atoms with E-state index in [1.54, 1.807) is 0 Å². The van der Waals surface area contributed by atoms with Gasteiger partial charge >= 0.3 is 0 Å². The lowest BCUT2D eigenvalue weighted by Gasteiger charge is -2.14. The minimum Gasteiger partial charge on any atom is -0.492 e. The molecule has 0 saturated carbocycles.